The van der Waals surface area contributed by atoms with Crippen LogP contribution in [0.3, 0.4) is 0 Å². The number of ether oxygens (including phenoxy) is 3. The first kappa shape index (κ1) is 15.9. The van der Waals surface area contributed by atoms with E-state index < -0.39 is 12.5 Å². The van der Waals surface area contributed by atoms with Crippen molar-refractivity contribution in [3.8, 4) is 0 Å². The first-order valence-electron chi connectivity index (χ1n) is 7.05. The fraction of sp³-hybridized carbons (Fsp3) is 0.538. The topological polar surface area (TPSA) is 114 Å². The maximum Gasteiger partial charge on any atom is 0.308 e. The third kappa shape index (κ3) is 3.21. The van der Waals surface area contributed by atoms with Crippen LogP contribution in [0.2, 0.25) is 5.15 Å². The third-order valence-electron chi connectivity index (χ3n) is 3.27. The first-order chi connectivity index (χ1) is 11.0. The fourth-order valence-corrected chi connectivity index (χ4v) is 2.32. The summed E-state index contributed by atoms with van der Waals surface area (Å²) in [5.41, 5.74) is 6.50. The lowest BCUT2D eigenvalue weighted by atomic mass is 10.2. The average molecular weight is 342 g/mol. The van der Waals surface area contributed by atoms with Gasteiger partial charge in [0.05, 0.1) is 18.9 Å². The summed E-state index contributed by atoms with van der Waals surface area (Å²) >= 11 is 5.99. The summed E-state index contributed by atoms with van der Waals surface area (Å²) in [6.07, 6.45) is 0.421. The van der Waals surface area contributed by atoms with Crippen molar-refractivity contribution < 1.29 is 19.0 Å². The number of esters is 1. The molecule has 2 aromatic heterocycles. The Morgan fingerprint density at radius 2 is 2.35 bits per heavy atom. The number of hydrogen-bond acceptors (Lipinski definition) is 8. The zero-order chi connectivity index (χ0) is 16.6. The Hall–Kier alpha value is -1.97. The van der Waals surface area contributed by atoms with Crippen LogP contribution in [0.1, 0.15) is 20.1 Å². The highest BCUT2D eigenvalue weighted by molar-refractivity contribution is 6.33. The molecule has 0 radical (unpaired) electrons. The lowest BCUT2D eigenvalue weighted by molar-refractivity contribution is -0.162. The predicted molar refractivity (Wildman–Crippen MR) is 80.4 cm³/mol. The molecule has 3 rings (SSSR count). The number of imidazole rings is 1. The number of carbonyl (C=O) groups is 1. The molecule has 1 aliphatic rings. The van der Waals surface area contributed by atoms with Crippen molar-refractivity contribution in [3.63, 3.8) is 0 Å². The molecule has 0 bridgehead atoms. The molecule has 1 fully saturated rings. The lowest BCUT2D eigenvalue weighted by Crippen LogP contribution is -2.22. The highest BCUT2D eigenvalue weighted by atomic mass is 35.5. The second kappa shape index (κ2) is 6.26. The molecule has 0 spiro atoms. The summed E-state index contributed by atoms with van der Waals surface area (Å²) in [5.74, 6) is -0.460. The first-order valence-corrected chi connectivity index (χ1v) is 7.42. The number of aromatic nitrogens is 4. The van der Waals surface area contributed by atoms with Gasteiger partial charge in [0.15, 0.2) is 23.3 Å². The van der Waals surface area contributed by atoms with Gasteiger partial charge < -0.3 is 19.9 Å². The molecule has 3 heterocycles. The zero-order valence-corrected chi connectivity index (χ0v) is 13.4. The van der Waals surface area contributed by atoms with Crippen LogP contribution in [-0.4, -0.2) is 45.0 Å². The van der Waals surface area contributed by atoms with Crippen LogP contribution in [0.5, 0.6) is 0 Å². The Morgan fingerprint density at radius 1 is 1.57 bits per heavy atom. The molecule has 1 aliphatic heterocycles. The molecule has 0 amide bonds. The van der Waals surface area contributed by atoms with Crippen molar-refractivity contribution in [2.24, 2.45) is 5.92 Å². The molecule has 2 atom stereocenters. The van der Waals surface area contributed by atoms with Crippen LogP contribution in [0.25, 0.3) is 11.2 Å². The van der Waals surface area contributed by atoms with Crippen molar-refractivity contribution in [2.75, 3.05) is 18.9 Å². The minimum atomic E-state index is -0.644. The van der Waals surface area contributed by atoms with Crippen LogP contribution in [0.4, 0.5) is 5.95 Å². The molecule has 1 unspecified atom stereocenters. The van der Waals surface area contributed by atoms with Crippen molar-refractivity contribution >= 4 is 34.7 Å². The van der Waals surface area contributed by atoms with Gasteiger partial charge in [0, 0.05) is 0 Å². The highest BCUT2D eigenvalue weighted by Crippen LogP contribution is 2.27. The van der Waals surface area contributed by atoms with Crippen molar-refractivity contribution in [2.45, 2.75) is 26.4 Å². The molecule has 23 heavy (non-hydrogen) atoms. The van der Waals surface area contributed by atoms with Gasteiger partial charge in [0.1, 0.15) is 12.1 Å². The highest BCUT2D eigenvalue weighted by Gasteiger charge is 2.30. The Kier molecular flexibility index (Phi) is 4.33. The van der Waals surface area contributed by atoms with E-state index in [4.69, 9.17) is 31.5 Å². The molecule has 9 nitrogen and oxygen atoms in total. The van der Waals surface area contributed by atoms with E-state index in [1.54, 1.807) is 18.4 Å². The molecule has 10 heteroatoms. The maximum atomic E-state index is 11.5. The number of hydrogen-bond donors (Lipinski definition) is 1. The Morgan fingerprint density at radius 3 is 3.09 bits per heavy atom. The van der Waals surface area contributed by atoms with Crippen molar-refractivity contribution in [3.05, 3.63) is 11.5 Å². The second-order valence-corrected chi connectivity index (χ2v) is 5.69. The van der Waals surface area contributed by atoms with E-state index in [1.807, 2.05) is 0 Å². The summed E-state index contributed by atoms with van der Waals surface area (Å²) in [6, 6.07) is 0. The number of carbonyl (C=O) groups excluding carboxylic acids is 1. The summed E-state index contributed by atoms with van der Waals surface area (Å²) in [6.45, 7) is 3.80. The number of nitrogen functional groups attached to an aromatic ring is 1. The van der Waals surface area contributed by atoms with Gasteiger partial charge in [-0.25, -0.2) is 4.98 Å². The number of nitrogens with zero attached hydrogens (tertiary/aromatic N) is 4. The van der Waals surface area contributed by atoms with Crippen LogP contribution >= 0.6 is 11.6 Å². The number of halogens is 1. The van der Waals surface area contributed by atoms with Gasteiger partial charge >= 0.3 is 5.97 Å². The van der Waals surface area contributed by atoms with E-state index in [0.717, 1.165) is 0 Å². The van der Waals surface area contributed by atoms with E-state index in [0.29, 0.717) is 11.2 Å². The normalized spacial score (nSPS) is 21.2. The van der Waals surface area contributed by atoms with E-state index in [-0.39, 0.29) is 36.2 Å². The van der Waals surface area contributed by atoms with Gasteiger partial charge in [-0.2, -0.15) is 9.97 Å². The SMILES string of the molecule is CC(C)C(=O)OC[C@@H]1OCC(n2cnc3c(Cl)nc(N)nc32)O1. The summed E-state index contributed by atoms with van der Waals surface area (Å²) in [5, 5.41) is 0.174. The van der Waals surface area contributed by atoms with Gasteiger partial charge in [-0.15, -0.1) is 0 Å². The molecule has 124 valence electrons. The molecular formula is C13H16ClN5O4. The smallest absolute Gasteiger partial charge is 0.308 e. The summed E-state index contributed by atoms with van der Waals surface area (Å²) in [4.78, 5) is 23.6. The van der Waals surface area contributed by atoms with Crippen molar-refractivity contribution in [1.29, 1.82) is 0 Å². The minimum absolute atomic E-state index is 0.0258. The van der Waals surface area contributed by atoms with E-state index in [9.17, 15) is 4.79 Å². The average Bonchev–Trinajstić information content (AvgIpc) is 3.10. The Labute approximate surface area is 136 Å². The molecule has 0 saturated carbocycles. The maximum absolute atomic E-state index is 11.5. The molecule has 2 aromatic rings. The Bertz CT molecular complexity index is 734. The van der Waals surface area contributed by atoms with E-state index in [2.05, 4.69) is 15.0 Å². The molecule has 0 aliphatic carbocycles. The zero-order valence-electron chi connectivity index (χ0n) is 12.6. The van der Waals surface area contributed by atoms with Crippen LogP contribution in [0.15, 0.2) is 6.33 Å². The van der Waals surface area contributed by atoms with Crippen molar-refractivity contribution in [1.82, 2.24) is 19.5 Å². The lowest BCUT2D eigenvalue weighted by Gasteiger charge is -2.14. The minimum Gasteiger partial charge on any atom is -0.460 e. The monoisotopic (exact) mass is 341 g/mol. The van der Waals surface area contributed by atoms with Gasteiger partial charge in [0.2, 0.25) is 5.95 Å². The van der Waals surface area contributed by atoms with E-state index in [1.165, 1.54) is 6.33 Å². The third-order valence-corrected chi connectivity index (χ3v) is 3.54. The quantitative estimate of drug-likeness (QED) is 0.650. The number of nitrogens with two attached hydrogens (primary N) is 1. The van der Waals surface area contributed by atoms with Gasteiger partial charge in [-0.1, -0.05) is 25.4 Å². The largest absolute Gasteiger partial charge is 0.460 e. The number of fused-ring (bicyclic) bond motifs is 1. The standard InChI is InChI=1S/C13H16ClN5O4/c1-6(2)12(20)22-4-8-21-3-7(23-8)19-5-16-9-10(14)17-13(15)18-11(9)19/h5-8H,3-4H2,1-2H3,(H2,15,17,18)/t7?,8-/m1/s1. The van der Waals surface area contributed by atoms with Crippen LogP contribution < -0.4 is 5.73 Å². The molecule has 2 N–H and O–H groups in total. The summed E-state index contributed by atoms with van der Waals surface area (Å²) in [7, 11) is 0. The number of rotatable bonds is 4. The van der Waals surface area contributed by atoms with Gasteiger partial charge in [-0.05, 0) is 0 Å². The van der Waals surface area contributed by atoms with Crippen LogP contribution in [0, 0.1) is 5.92 Å². The van der Waals surface area contributed by atoms with Crippen LogP contribution in [-0.2, 0) is 19.0 Å². The predicted octanol–water partition coefficient (Wildman–Crippen LogP) is 1.13. The van der Waals surface area contributed by atoms with Gasteiger partial charge in [0.25, 0.3) is 0 Å². The molecule has 0 aromatic carbocycles. The number of anilines is 1. The Balaban J connectivity index is 1.71. The van der Waals surface area contributed by atoms with Gasteiger partial charge in [-0.3, -0.25) is 9.36 Å². The van der Waals surface area contributed by atoms with E-state index >= 15 is 0 Å². The second-order valence-electron chi connectivity index (χ2n) is 5.34. The molecular weight excluding hydrogens is 326 g/mol. The summed E-state index contributed by atoms with van der Waals surface area (Å²) < 4.78 is 17.9. The molecule has 1 saturated heterocycles. The fourth-order valence-electron chi connectivity index (χ4n) is 2.10.